The van der Waals surface area contributed by atoms with Crippen LogP contribution in [-0.4, -0.2) is 40.8 Å². The molecule has 3 nitrogen and oxygen atoms in total. The summed E-state index contributed by atoms with van der Waals surface area (Å²) in [6.07, 6.45) is -3.79. The smallest absolute Gasteiger partial charge is 0.393 e. The van der Waals surface area contributed by atoms with Crippen LogP contribution in [0.1, 0.15) is 39.0 Å². The van der Waals surface area contributed by atoms with Gasteiger partial charge in [-0.3, -0.25) is 4.79 Å². The summed E-state index contributed by atoms with van der Waals surface area (Å²) < 4.78 is 36.5. The summed E-state index contributed by atoms with van der Waals surface area (Å²) in [6, 6.07) is -0.251. The third-order valence-electron chi connectivity index (χ3n) is 2.91. The molecule has 0 spiro atoms. The zero-order chi connectivity index (χ0) is 13.1. The monoisotopic (exact) mass is 253 g/mol. The van der Waals surface area contributed by atoms with Crippen LogP contribution in [0.25, 0.3) is 0 Å². The maximum Gasteiger partial charge on any atom is 0.397 e. The fourth-order valence-electron chi connectivity index (χ4n) is 2.24. The number of aliphatic hydroxyl groups excluding tert-OH is 1. The first kappa shape index (κ1) is 14.3. The zero-order valence-corrected chi connectivity index (χ0v) is 9.83. The molecule has 0 aromatic heterocycles. The van der Waals surface area contributed by atoms with E-state index in [1.54, 1.807) is 6.92 Å². The van der Waals surface area contributed by atoms with E-state index in [0.717, 1.165) is 12.8 Å². The van der Waals surface area contributed by atoms with Crippen molar-refractivity contribution in [3.8, 4) is 0 Å². The summed E-state index contributed by atoms with van der Waals surface area (Å²) in [5, 5.41) is 9.28. The van der Waals surface area contributed by atoms with Gasteiger partial charge in [0, 0.05) is 12.6 Å². The van der Waals surface area contributed by atoms with Crippen LogP contribution in [0.3, 0.4) is 0 Å². The van der Waals surface area contributed by atoms with E-state index in [4.69, 9.17) is 0 Å². The van der Waals surface area contributed by atoms with Gasteiger partial charge in [0.1, 0.15) is 6.42 Å². The van der Waals surface area contributed by atoms with Crippen LogP contribution in [0.15, 0.2) is 0 Å². The highest BCUT2D eigenvalue weighted by atomic mass is 19.4. The quantitative estimate of drug-likeness (QED) is 0.836. The Labute approximate surface area is 98.6 Å². The number of rotatable bonds is 3. The standard InChI is InChI=1S/C11H18F3NO2/c1-8(16)6-9-4-2-3-5-15(9)10(17)7-11(12,13)14/h8-9,16H,2-7H2,1H3. The lowest BCUT2D eigenvalue weighted by atomic mass is 9.97. The first-order valence-corrected chi connectivity index (χ1v) is 5.84. The largest absolute Gasteiger partial charge is 0.397 e. The van der Waals surface area contributed by atoms with Crippen molar-refractivity contribution < 1.29 is 23.1 Å². The Kier molecular flexibility index (Phi) is 4.80. The number of halogens is 3. The predicted octanol–water partition coefficient (Wildman–Crippen LogP) is 2.09. The summed E-state index contributed by atoms with van der Waals surface area (Å²) in [7, 11) is 0. The van der Waals surface area contributed by atoms with E-state index in [1.807, 2.05) is 0 Å². The molecule has 1 amide bonds. The van der Waals surface area contributed by atoms with Crippen LogP contribution >= 0.6 is 0 Å². The number of likely N-dealkylation sites (tertiary alicyclic amines) is 1. The molecule has 1 aliphatic heterocycles. The van der Waals surface area contributed by atoms with E-state index in [9.17, 15) is 23.1 Å². The number of piperidine rings is 1. The summed E-state index contributed by atoms with van der Waals surface area (Å²) in [5.74, 6) is -0.872. The van der Waals surface area contributed by atoms with Crippen LogP contribution < -0.4 is 0 Å². The minimum atomic E-state index is -4.45. The van der Waals surface area contributed by atoms with Crippen LogP contribution in [0.4, 0.5) is 13.2 Å². The molecule has 1 fully saturated rings. The van der Waals surface area contributed by atoms with Crippen LogP contribution in [0.5, 0.6) is 0 Å². The zero-order valence-electron chi connectivity index (χ0n) is 9.83. The number of hydrogen-bond acceptors (Lipinski definition) is 2. The second-order valence-corrected chi connectivity index (χ2v) is 4.61. The van der Waals surface area contributed by atoms with E-state index in [1.165, 1.54) is 4.90 Å². The van der Waals surface area contributed by atoms with Crippen LogP contribution in [-0.2, 0) is 4.79 Å². The van der Waals surface area contributed by atoms with Gasteiger partial charge in [-0.1, -0.05) is 0 Å². The Morgan fingerprint density at radius 1 is 1.47 bits per heavy atom. The van der Waals surface area contributed by atoms with E-state index in [2.05, 4.69) is 0 Å². The van der Waals surface area contributed by atoms with Crippen LogP contribution in [0, 0.1) is 0 Å². The average Bonchev–Trinajstić information content (AvgIpc) is 2.14. The number of nitrogens with zero attached hydrogens (tertiary/aromatic N) is 1. The molecule has 1 heterocycles. The summed E-state index contributed by atoms with van der Waals surface area (Å²) in [4.78, 5) is 12.8. The molecule has 17 heavy (non-hydrogen) atoms. The Morgan fingerprint density at radius 3 is 2.65 bits per heavy atom. The molecule has 1 aliphatic rings. The lowest BCUT2D eigenvalue weighted by Crippen LogP contribution is -2.46. The molecule has 1 saturated heterocycles. The minimum absolute atomic E-state index is 0.251. The topological polar surface area (TPSA) is 40.5 Å². The lowest BCUT2D eigenvalue weighted by molar-refractivity contribution is -0.164. The number of aliphatic hydroxyl groups is 1. The number of alkyl halides is 3. The second-order valence-electron chi connectivity index (χ2n) is 4.61. The van der Waals surface area contributed by atoms with Gasteiger partial charge in [0.15, 0.2) is 0 Å². The van der Waals surface area contributed by atoms with Crippen LogP contribution in [0.2, 0.25) is 0 Å². The number of carbonyl (C=O) groups excluding carboxylic acids is 1. The SMILES string of the molecule is CC(O)CC1CCCCN1C(=O)CC(F)(F)F. The lowest BCUT2D eigenvalue weighted by Gasteiger charge is -2.36. The highest BCUT2D eigenvalue weighted by Gasteiger charge is 2.36. The first-order valence-electron chi connectivity index (χ1n) is 5.84. The van der Waals surface area contributed by atoms with E-state index in [0.29, 0.717) is 19.4 Å². The summed E-state index contributed by atoms with van der Waals surface area (Å²) >= 11 is 0. The Balaban J connectivity index is 2.61. The van der Waals surface area contributed by atoms with Gasteiger partial charge in [0.2, 0.25) is 5.91 Å². The van der Waals surface area contributed by atoms with Gasteiger partial charge in [-0.2, -0.15) is 13.2 Å². The molecule has 1 rings (SSSR count). The van der Waals surface area contributed by atoms with E-state index in [-0.39, 0.29) is 6.04 Å². The van der Waals surface area contributed by atoms with Crippen molar-refractivity contribution in [1.82, 2.24) is 4.90 Å². The highest BCUT2D eigenvalue weighted by Crippen LogP contribution is 2.26. The Hall–Kier alpha value is -0.780. The molecule has 2 atom stereocenters. The molecule has 0 radical (unpaired) electrons. The molecular weight excluding hydrogens is 235 g/mol. The molecule has 0 aromatic carbocycles. The fourth-order valence-corrected chi connectivity index (χ4v) is 2.24. The van der Waals surface area contributed by atoms with Crippen molar-refractivity contribution in [2.75, 3.05) is 6.54 Å². The fraction of sp³-hybridized carbons (Fsp3) is 0.909. The molecule has 0 saturated carbocycles. The van der Waals surface area contributed by atoms with Gasteiger partial charge in [-0.25, -0.2) is 0 Å². The van der Waals surface area contributed by atoms with E-state index < -0.39 is 24.6 Å². The highest BCUT2D eigenvalue weighted by molar-refractivity contribution is 5.77. The van der Waals surface area contributed by atoms with Gasteiger partial charge in [0.25, 0.3) is 0 Å². The third-order valence-corrected chi connectivity index (χ3v) is 2.91. The maximum atomic E-state index is 12.2. The molecular formula is C11H18F3NO2. The van der Waals surface area contributed by atoms with Crippen molar-refractivity contribution in [2.45, 2.75) is 57.3 Å². The normalized spacial score (nSPS) is 23.6. The van der Waals surface area contributed by atoms with Crippen molar-refractivity contribution in [3.63, 3.8) is 0 Å². The number of carbonyl (C=O) groups is 1. The minimum Gasteiger partial charge on any atom is -0.393 e. The maximum absolute atomic E-state index is 12.2. The molecule has 1 N–H and O–H groups in total. The van der Waals surface area contributed by atoms with Gasteiger partial charge >= 0.3 is 6.18 Å². The van der Waals surface area contributed by atoms with Crippen molar-refractivity contribution >= 4 is 5.91 Å². The Bertz CT molecular complexity index is 266. The molecule has 0 aliphatic carbocycles. The van der Waals surface area contributed by atoms with Gasteiger partial charge < -0.3 is 10.0 Å². The molecule has 0 aromatic rings. The Morgan fingerprint density at radius 2 is 2.12 bits per heavy atom. The molecule has 0 bridgehead atoms. The van der Waals surface area contributed by atoms with Gasteiger partial charge in [-0.05, 0) is 32.6 Å². The van der Waals surface area contributed by atoms with E-state index >= 15 is 0 Å². The van der Waals surface area contributed by atoms with Crippen molar-refractivity contribution in [3.05, 3.63) is 0 Å². The molecule has 2 unspecified atom stereocenters. The number of hydrogen-bond donors (Lipinski definition) is 1. The molecule has 6 heteroatoms. The summed E-state index contributed by atoms with van der Waals surface area (Å²) in [5.41, 5.74) is 0. The number of amides is 1. The second kappa shape index (κ2) is 5.71. The van der Waals surface area contributed by atoms with Gasteiger partial charge in [-0.15, -0.1) is 0 Å². The van der Waals surface area contributed by atoms with Crippen molar-refractivity contribution in [2.24, 2.45) is 0 Å². The predicted molar refractivity (Wildman–Crippen MR) is 56.3 cm³/mol. The van der Waals surface area contributed by atoms with Gasteiger partial charge in [0.05, 0.1) is 6.10 Å². The molecule has 100 valence electrons. The first-order chi connectivity index (χ1) is 7.79. The third kappa shape index (κ3) is 4.93. The summed E-state index contributed by atoms with van der Waals surface area (Å²) in [6.45, 7) is 1.95. The van der Waals surface area contributed by atoms with Crippen molar-refractivity contribution in [1.29, 1.82) is 0 Å². The average molecular weight is 253 g/mol.